The van der Waals surface area contributed by atoms with Crippen LogP contribution in [-0.2, 0) is 6.54 Å². The van der Waals surface area contributed by atoms with Gasteiger partial charge in [0.15, 0.2) is 5.11 Å². The van der Waals surface area contributed by atoms with E-state index in [1.54, 1.807) is 0 Å². The molecule has 0 fully saturated rings. The van der Waals surface area contributed by atoms with E-state index in [1.807, 2.05) is 81.4 Å². The largest absolute Gasteiger partial charge is 0.494 e. The number of fused-ring (bicyclic) bond motifs is 1. The molecule has 0 atom stereocenters. The Morgan fingerprint density at radius 1 is 0.970 bits per heavy atom. The van der Waals surface area contributed by atoms with Gasteiger partial charge in [-0.1, -0.05) is 0 Å². The van der Waals surface area contributed by atoms with Crippen molar-refractivity contribution in [2.24, 2.45) is 0 Å². The van der Waals surface area contributed by atoms with E-state index in [9.17, 15) is 4.79 Å². The highest BCUT2D eigenvalue weighted by Crippen LogP contribution is 2.20. The van der Waals surface area contributed by atoms with Gasteiger partial charge in [0.2, 0.25) is 0 Å². The number of likely N-dealkylation sites (N-methyl/N-ethyl adjacent to an activating group) is 1. The first kappa shape index (κ1) is 24.5. The first-order chi connectivity index (χ1) is 15.9. The summed E-state index contributed by atoms with van der Waals surface area (Å²) in [5.41, 5.74) is 2.17. The number of ether oxygens (including phenoxy) is 2. The van der Waals surface area contributed by atoms with Crippen molar-refractivity contribution in [2.75, 3.05) is 45.7 Å². The number of rotatable bonds is 10. The maximum Gasteiger partial charge on any atom is 0.253 e. The van der Waals surface area contributed by atoms with Crippen molar-refractivity contribution in [1.82, 2.24) is 14.8 Å². The van der Waals surface area contributed by atoms with E-state index in [-0.39, 0.29) is 5.56 Å². The van der Waals surface area contributed by atoms with Gasteiger partial charge in [0.05, 0.1) is 19.8 Å². The molecule has 7 nitrogen and oxygen atoms in total. The summed E-state index contributed by atoms with van der Waals surface area (Å²) in [6, 6.07) is 15.3. The van der Waals surface area contributed by atoms with Crippen LogP contribution in [0.25, 0.3) is 10.9 Å². The Labute approximate surface area is 200 Å². The fraction of sp³-hybridized carbons (Fsp3) is 0.360. The quantitative estimate of drug-likeness (QED) is 0.435. The van der Waals surface area contributed by atoms with Gasteiger partial charge in [-0.25, -0.2) is 0 Å². The lowest BCUT2D eigenvalue weighted by molar-refractivity contribution is 0.327. The van der Waals surface area contributed by atoms with Crippen LogP contribution < -0.4 is 20.3 Å². The maximum atomic E-state index is 12.8. The molecule has 0 aliphatic rings. The molecule has 0 radical (unpaired) electrons. The average molecular weight is 469 g/mol. The summed E-state index contributed by atoms with van der Waals surface area (Å²) < 4.78 is 11.1. The van der Waals surface area contributed by atoms with Crippen molar-refractivity contribution < 1.29 is 9.47 Å². The Bertz CT molecular complexity index is 1130. The van der Waals surface area contributed by atoms with Crippen molar-refractivity contribution in [3.05, 3.63) is 64.4 Å². The second kappa shape index (κ2) is 11.7. The predicted octanol–water partition coefficient (Wildman–Crippen LogP) is 4.09. The van der Waals surface area contributed by atoms with Crippen LogP contribution in [0.4, 0.5) is 5.69 Å². The van der Waals surface area contributed by atoms with Crippen molar-refractivity contribution in [3.63, 3.8) is 0 Å². The minimum atomic E-state index is -0.120. The number of H-pyrrole nitrogens is 1. The van der Waals surface area contributed by atoms with E-state index in [0.717, 1.165) is 34.6 Å². The molecule has 0 bridgehead atoms. The summed E-state index contributed by atoms with van der Waals surface area (Å²) in [7, 11) is 4.03. The third-order valence-corrected chi connectivity index (χ3v) is 5.45. The molecular formula is C25H32N4O3S. The summed E-state index contributed by atoms with van der Waals surface area (Å²) in [5, 5.41) is 4.77. The van der Waals surface area contributed by atoms with Crippen LogP contribution in [0.5, 0.6) is 11.5 Å². The van der Waals surface area contributed by atoms with Crippen molar-refractivity contribution in [1.29, 1.82) is 0 Å². The second-order valence-corrected chi connectivity index (χ2v) is 8.30. The third-order valence-electron chi connectivity index (χ3n) is 5.09. The minimum Gasteiger partial charge on any atom is -0.494 e. The monoisotopic (exact) mass is 468 g/mol. The molecular weight excluding hydrogens is 436 g/mol. The van der Waals surface area contributed by atoms with Crippen LogP contribution in [0.15, 0.2) is 53.3 Å². The molecule has 1 heterocycles. The molecule has 176 valence electrons. The van der Waals surface area contributed by atoms with Crippen molar-refractivity contribution >= 4 is 33.9 Å². The normalized spacial score (nSPS) is 10.9. The van der Waals surface area contributed by atoms with Gasteiger partial charge in [0, 0.05) is 35.2 Å². The number of benzene rings is 2. The molecule has 33 heavy (non-hydrogen) atoms. The SMILES string of the molecule is CCOc1ccc(NC(=S)N(CCN(C)C)Cc2cc3cc(OCC)ccc3[nH]c2=O)cc1. The van der Waals surface area contributed by atoms with Gasteiger partial charge in [0.25, 0.3) is 5.56 Å². The van der Waals surface area contributed by atoms with Gasteiger partial charge >= 0.3 is 0 Å². The van der Waals surface area contributed by atoms with Crippen LogP contribution in [0.3, 0.4) is 0 Å². The number of hydrogen-bond acceptors (Lipinski definition) is 5. The number of hydrogen-bond donors (Lipinski definition) is 2. The summed E-state index contributed by atoms with van der Waals surface area (Å²) in [6.07, 6.45) is 0. The molecule has 2 N–H and O–H groups in total. The predicted molar refractivity (Wildman–Crippen MR) is 139 cm³/mol. The lowest BCUT2D eigenvalue weighted by Gasteiger charge is -2.27. The summed E-state index contributed by atoms with van der Waals surface area (Å²) >= 11 is 5.72. The standard InChI is InChI=1S/C25H32N4O3S/c1-5-31-21-9-7-20(8-10-21)26-25(33)29(14-13-28(3)4)17-19-15-18-16-22(32-6-2)11-12-23(18)27-24(19)30/h7-12,15-16H,5-6,13-14,17H2,1-4H3,(H,26,33)(H,27,30). The Morgan fingerprint density at radius 2 is 1.64 bits per heavy atom. The Morgan fingerprint density at radius 3 is 2.30 bits per heavy atom. The first-order valence-electron chi connectivity index (χ1n) is 11.1. The lowest BCUT2D eigenvalue weighted by atomic mass is 10.1. The van der Waals surface area contributed by atoms with Crippen LogP contribution in [0, 0.1) is 0 Å². The van der Waals surface area contributed by atoms with Gasteiger partial charge in [-0.05, 0) is 88.7 Å². The van der Waals surface area contributed by atoms with E-state index < -0.39 is 0 Å². The molecule has 3 rings (SSSR count). The number of nitrogens with one attached hydrogen (secondary N) is 2. The third kappa shape index (κ3) is 6.94. The topological polar surface area (TPSA) is 69.8 Å². The molecule has 0 spiro atoms. The van der Waals surface area contributed by atoms with Crippen LogP contribution in [0.2, 0.25) is 0 Å². The number of nitrogens with zero attached hydrogens (tertiary/aromatic N) is 2. The number of aromatic nitrogens is 1. The molecule has 0 unspecified atom stereocenters. The number of anilines is 1. The number of pyridine rings is 1. The Kier molecular flexibility index (Phi) is 8.68. The van der Waals surface area contributed by atoms with Gasteiger partial charge in [-0.3, -0.25) is 4.79 Å². The zero-order chi connectivity index (χ0) is 23.8. The van der Waals surface area contributed by atoms with Crippen LogP contribution in [-0.4, -0.2) is 60.3 Å². The van der Waals surface area contributed by atoms with Crippen molar-refractivity contribution in [3.8, 4) is 11.5 Å². The average Bonchev–Trinajstić information content (AvgIpc) is 2.78. The highest BCUT2D eigenvalue weighted by molar-refractivity contribution is 7.80. The smallest absolute Gasteiger partial charge is 0.253 e. The molecule has 0 saturated heterocycles. The molecule has 3 aromatic rings. The van der Waals surface area contributed by atoms with Crippen molar-refractivity contribution in [2.45, 2.75) is 20.4 Å². The maximum absolute atomic E-state index is 12.8. The summed E-state index contributed by atoms with van der Waals surface area (Å²) in [5.74, 6) is 1.59. The van der Waals surface area contributed by atoms with E-state index in [4.69, 9.17) is 21.7 Å². The molecule has 8 heteroatoms. The van der Waals surface area contributed by atoms with Gasteiger partial charge in [0.1, 0.15) is 11.5 Å². The van der Waals surface area contributed by atoms with Gasteiger partial charge < -0.3 is 29.6 Å². The molecule has 0 aliphatic heterocycles. The highest BCUT2D eigenvalue weighted by Gasteiger charge is 2.14. The fourth-order valence-electron chi connectivity index (χ4n) is 3.39. The van der Waals surface area contributed by atoms with E-state index in [0.29, 0.717) is 37.0 Å². The van der Waals surface area contributed by atoms with E-state index in [2.05, 4.69) is 15.2 Å². The van der Waals surface area contributed by atoms with Crippen LogP contribution in [0.1, 0.15) is 19.4 Å². The summed E-state index contributed by atoms with van der Waals surface area (Å²) in [4.78, 5) is 19.9. The second-order valence-electron chi connectivity index (χ2n) is 7.92. The molecule has 0 amide bonds. The Hall–Kier alpha value is -3.10. The lowest BCUT2D eigenvalue weighted by Crippen LogP contribution is -2.40. The fourth-order valence-corrected chi connectivity index (χ4v) is 3.66. The zero-order valence-electron chi connectivity index (χ0n) is 19.7. The van der Waals surface area contributed by atoms with Gasteiger partial charge in [-0.2, -0.15) is 0 Å². The van der Waals surface area contributed by atoms with Gasteiger partial charge in [-0.15, -0.1) is 0 Å². The summed E-state index contributed by atoms with van der Waals surface area (Å²) in [6.45, 7) is 6.97. The van der Waals surface area contributed by atoms with E-state index >= 15 is 0 Å². The Balaban J connectivity index is 1.82. The number of aromatic amines is 1. The van der Waals surface area contributed by atoms with E-state index in [1.165, 1.54) is 0 Å². The molecule has 2 aromatic carbocycles. The zero-order valence-corrected chi connectivity index (χ0v) is 20.5. The molecule has 1 aromatic heterocycles. The molecule has 0 aliphatic carbocycles. The highest BCUT2D eigenvalue weighted by atomic mass is 32.1. The minimum absolute atomic E-state index is 0.120. The van der Waals surface area contributed by atoms with Crippen LogP contribution >= 0.6 is 12.2 Å². The first-order valence-corrected chi connectivity index (χ1v) is 11.5. The molecule has 0 saturated carbocycles. The number of thiocarbonyl (C=S) groups is 1.